The van der Waals surface area contributed by atoms with Gasteiger partial charge < -0.3 is 0 Å². The van der Waals surface area contributed by atoms with Crippen LogP contribution in [0.2, 0.25) is 0 Å². The van der Waals surface area contributed by atoms with E-state index in [0.29, 0.717) is 5.13 Å². The number of hydrogen-bond donors (Lipinski definition) is 1. The van der Waals surface area contributed by atoms with Gasteiger partial charge in [0.2, 0.25) is 5.03 Å². The average Bonchev–Trinajstić information content (AvgIpc) is 2.91. The second-order valence-electron chi connectivity index (χ2n) is 4.40. The van der Waals surface area contributed by atoms with Crippen molar-refractivity contribution in [3.8, 4) is 0 Å². The van der Waals surface area contributed by atoms with Crippen LogP contribution in [-0.4, -0.2) is 28.4 Å². The Bertz CT molecular complexity index is 912. The highest BCUT2D eigenvalue weighted by Gasteiger charge is 2.25. The molecule has 0 unspecified atom stereocenters. The Balaban J connectivity index is 2.01. The summed E-state index contributed by atoms with van der Waals surface area (Å²) in [6.07, 6.45) is 0. The molecular weight excluding hydrogens is 378 g/mol. The zero-order valence-electron chi connectivity index (χ0n) is 11.0. The van der Waals surface area contributed by atoms with Gasteiger partial charge in [0.05, 0.1) is 10.2 Å². The summed E-state index contributed by atoms with van der Waals surface area (Å²) in [5, 5.41) is 7.60. The predicted octanol–water partition coefficient (Wildman–Crippen LogP) is 2.30. The Morgan fingerprint density at radius 2 is 2.14 bits per heavy atom. The molecule has 0 aliphatic heterocycles. The number of nitrogens with one attached hydrogen (secondary N) is 1. The normalized spacial score (nSPS) is 12.0. The van der Waals surface area contributed by atoms with Crippen LogP contribution < -0.4 is 4.72 Å². The summed E-state index contributed by atoms with van der Waals surface area (Å²) < 4.78 is 29.5. The van der Waals surface area contributed by atoms with E-state index in [4.69, 9.17) is 0 Å². The second kappa shape index (κ2) is 5.04. The fourth-order valence-corrected chi connectivity index (χ4v) is 5.14. The average molecular weight is 388 g/mol. The molecule has 0 aliphatic rings. The van der Waals surface area contributed by atoms with Gasteiger partial charge in [0.25, 0.3) is 10.0 Å². The molecule has 10 heteroatoms. The Hall–Kier alpha value is -1.52. The van der Waals surface area contributed by atoms with E-state index in [1.165, 1.54) is 23.1 Å². The van der Waals surface area contributed by atoms with Gasteiger partial charge >= 0.3 is 0 Å². The molecule has 0 aliphatic carbocycles. The number of sulfonamides is 1. The summed E-state index contributed by atoms with van der Waals surface area (Å²) in [5.41, 5.74) is 1.85. The van der Waals surface area contributed by atoms with E-state index < -0.39 is 10.0 Å². The first-order valence-electron chi connectivity index (χ1n) is 5.82. The molecule has 1 aromatic carbocycles. The lowest BCUT2D eigenvalue weighted by Crippen LogP contribution is -2.17. The number of fused-ring (bicyclic) bond motifs is 1. The second-order valence-corrected chi connectivity index (χ2v) is 7.78. The van der Waals surface area contributed by atoms with Gasteiger partial charge in [-0.2, -0.15) is 8.42 Å². The van der Waals surface area contributed by atoms with E-state index in [-0.39, 0.29) is 9.63 Å². The monoisotopic (exact) mass is 387 g/mol. The van der Waals surface area contributed by atoms with Crippen molar-refractivity contribution in [2.45, 2.75) is 11.9 Å². The van der Waals surface area contributed by atoms with Gasteiger partial charge in [-0.05, 0) is 40.5 Å². The zero-order chi connectivity index (χ0) is 15.2. The smallest absolute Gasteiger partial charge is 0.253 e. The zero-order valence-corrected chi connectivity index (χ0v) is 14.3. The van der Waals surface area contributed by atoms with Crippen LogP contribution in [0, 0.1) is 6.92 Å². The molecule has 3 rings (SSSR count). The maximum atomic E-state index is 12.4. The number of aryl methyl sites for hydroxylation is 2. The number of halogens is 1. The highest BCUT2D eigenvalue weighted by molar-refractivity contribution is 9.10. The van der Waals surface area contributed by atoms with Crippen molar-refractivity contribution in [1.82, 2.24) is 20.0 Å². The largest absolute Gasteiger partial charge is 0.283 e. The molecule has 21 heavy (non-hydrogen) atoms. The van der Waals surface area contributed by atoms with Crippen LogP contribution in [0.5, 0.6) is 0 Å². The molecule has 0 saturated heterocycles. The molecule has 0 amide bonds. The highest BCUT2D eigenvalue weighted by Crippen LogP contribution is 2.29. The molecule has 0 radical (unpaired) electrons. The van der Waals surface area contributed by atoms with Crippen molar-refractivity contribution >= 4 is 52.6 Å². The van der Waals surface area contributed by atoms with Gasteiger partial charge in [0, 0.05) is 7.05 Å². The van der Waals surface area contributed by atoms with Crippen LogP contribution in [0.1, 0.15) is 5.56 Å². The van der Waals surface area contributed by atoms with Crippen LogP contribution in [-0.2, 0) is 17.1 Å². The van der Waals surface area contributed by atoms with E-state index in [2.05, 4.69) is 35.9 Å². The molecule has 0 fully saturated rings. The van der Waals surface area contributed by atoms with Gasteiger partial charge in [-0.3, -0.25) is 4.72 Å². The summed E-state index contributed by atoms with van der Waals surface area (Å²) in [4.78, 5) is 4.27. The van der Waals surface area contributed by atoms with Crippen molar-refractivity contribution < 1.29 is 8.42 Å². The minimum absolute atomic E-state index is 0.0436. The number of rotatable bonds is 3. The summed E-state index contributed by atoms with van der Waals surface area (Å²) in [5.74, 6) is 0. The number of thiazole rings is 1. The standard InChI is InChI=1S/C11H10BrN5O2S2/c1-6-3-4-7-8(5-6)20-11(13-7)15-21(18,19)10-9(12)14-16-17(10)2/h3-5H,1-2H3,(H,13,15). The van der Waals surface area contributed by atoms with E-state index in [1.807, 2.05) is 25.1 Å². The number of nitrogens with zero attached hydrogens (tertiary/aromatic N) is 4. The van der Waals surface area contributed by atoms with Gasteiger partial charge in [-0.15, -0.1) is 5.10 Å². The number of benzene rings is 1. The van der Waals surface area contributed by atoms with Crippen molar-refractivity contribution in [2.75, 3.05) is 4.72 Å². The topological polar surface area (TPSA) is 89.8 Å². The third kappa shape index (κ3) is 2.65. The molecule has 1 N–H and O–H groups in total. The van der Waals surface area contributed by atoms with E-state index in [1.54, 1.807) is 0 Å². The molecule has 0 spiro atoms. The molecule has 3 aromatic rings. The highest BCUT2D eigenvalue weighted by atomic mass is 79.9. The van der Waals surface area contributed by atoms with Crippen LogP contribution in [0.15, 0.2) is 27.8 Å². The van der Waals surface area contributed by atoms with Crippen molar-refractivity contribution in [2.24, 2.45) is 7.05 Å². The maximum absolute atomic E-state index is 12.4. The minimum Gasteiger partial charge on any atom is -0.253 e. The first kappa shape index (κ1) is 14.4. The van der Waals surface area contributed by atoms with E-state index in [9.17, 15) is 8.42 Å². The lowest BCUT2D eigenvalue weighted by atomic mass is 10.2. The van der Waals surface area contributed by atoms with Gasteiger partial charge in [0.15, 0.2) is 9.73 Å². The van der Waals surface area contributed by atoms with Gasteiger partial charge in [-0.25, -0.2) is 9.67 Å². The first-order chi connectivity index (χ1) is 9.87. The molecular formula is C11H10BrN5O2S2. The van der Waals surface area contributed by atoms with Crippen molar-refractivity contribution in [1.29, 1.82) is 0 Å². The van der Waals surface area contributed by atoms with Crippen LogP contribution in [0.3, 0.4) is 0 Å². The maximum Gasteiger partial charge on any atom is 0.283 e. The fourth-order valence-electron chi connectivity index (χ4n) is 1.85. The number of hydrogen-bond acceptors (Lipinski definition) is 6. The minimum atomic E-state index is -3.80. The quantitative estimate of drug-likeness (QED) is 0.744. The van der Waals surface area contributed by atoms with Gasteiger partial charge in [-0.1, -0.05) is 22.6 Å². The Labute approximate surface area is 133 Å². The summed E-state index contributed by atoms with van der Waals surface area (Å²) in [6, 6.07) is 5.76. The fraction of sp³-hybridized carbons (Fsp3) is 0.182. The molecule has 0 bridgehead atoms. The van der Waals surface area contributed by atoms with E-state index in [0.717, 1.165) is 15.8 Å². The van der Waals surface area contributed by atoms with Crippen molar-refractivity contribution in [3.05, 3.63) is 28.4 Å². The summed E-state index contributed by atoms with van der Waals surface area (Å²) >= 11 is 4.36. The SMILES string of the molecule is Cc1ccc2nc(NS(=O)(=O)c3c(Br)nnn3C)sc2c1. The summed E-state index contributed by atoms with van der Waals surface area (Å²) in [6.45, 7) is 1.97. The molecule has 2 aromatic heterocycles. The van der Waals surface area contributed by atoms with Crippen LogP contribution in [0.4, 0.5) is 5.13 Å². The third-order valence-electron chi connectivity index (χ3n) is 2.76. The Kier molecular flexibility index (Phi) is 3.46. The molecule has 7 nitrogen and oxygen atoms in total. The Morgan fingerprint density at radius 3 is 2.81 bits per heavy atom. The lowest BCUT2D eigenvalue weighted by molar-refractivity contribution is 0.578. The van der Waals surface area contributed by atoms with Gasteiger partial charge in [0.1, 0.15) is 0 Å². The van der Waals surface area contributed by atoms with Crippen LogP contribution in [0.25, 0.3) is 10.2 Å². The third-order valence-corrected chi connectivity index (χ3v) is 6.05. The molecule has 110 valence electrons. The van der Waals surface area contributed by atoms with Crippen LogP contribution >= 0.6 is 27.3 Å². The first-order valence-corrected chi connectivity index (χ1v) is 8.91. The lowest BCUT2D eigenvalue weighted by Gasteiger charge is -2.04. The molecule has 0 atom stereocenters. The number of aromatic nitrogens is 4. The van der Waals surface area contributed by atoms with Crippen molar-refractivity contribution in [3.63, 3.8) is 0 Å². The van der Waals surface area contributed by atoms with E-state index >= 15 is 0 Å². The molecule has 0 saturated carbocycles. The molecule has 2 heterocycles. The Morgan fingerprint density at radius 1 is 1.38 bits per heavy atom. The number of anilines is 1. The predicted molar refractivity (Wildman–Crippen MR) is 83.9 cm³/mol. The summed E-state index contributed by atoms with van der Waals surface area (Å²) in [7, 11) is -2.29.